The van der Waals surface area contributed by atoms with Gasteiger partial charge < -0.3 is 4.74 Å². The van der Waals surface area contributed by atoms with E-state index in [1.807, 2.05) is 51.1 Å². The Hall–Kier alpha value is -2.45. The van der Waals surface area contributed by atoms with Crippen molar-refractivity contribution in [3.63, 3.8) is 0 Å². The van der Waals surface area contributed by atoms with Gasteiger partial charge in [-0.05, 0) is 61.7 Å². The van der Waals surface area contributed by atoms with Crippen molar-refractivity contribution in [3.8, 4) is 17.2 Å². The predicted octanol–water partition coefficient (Wildman–Crippen LogP) is 4.62. The summed E-state index contributed by atoms with van der Waals surface area (Å²) in [4.78, 5) is 12.2. The number of cyclic esters (lactones) is 1. The number of nitrogens with zero attached hydrogens (tertiary/aromatic N) is 1. The lowest BCUT2D eigenvalue weighted by atomic mass is 9.90. The van der Waals surface area contributed by atoms with Crippen LogP contribution in [-0.2, 0) is 10.3 Å². The van der Waals surface area contributed by atoms with Crippen LogP contribution in [0.5, 0.6) is 0 Å². The number of aryl methyl sites for hydroxylation is 1. The topological polar surface area (TPSA) is 62.1 Å². The molecule has 3 rings (SSSR count). The lowest BCUT2D eigenvalue weighted by Gasteiger charge is -2.33. The zero-order chi connectivity index (χ0) is 16.8. The molecule has 0 radical (unpaired) electrons. The van der Waals surface area contributed by atoms with Gasteiger partial charge in [0.1, 0.15) is 11.7 Å². The molecule has 0 atom stereocenters. The van der Waals surface area contributed by atoms with Crippen molar-refractivity contribution in [1.82, 2.24) is 0 Å². The molecule has 0 aliphatic carbocycles. The van der Waals surface area contributed by atoms with Crippen molar-refractivity contribution >= 4 is 24.4 Å². The number of carbonyl (C=O) groups excluding carboxylic acids is 1. The van der Waals surface area contributed by atoms with E-state index in [1.165, 1.54) is 0 Å². The summed E-state index contributed by atoms with van der Waals surface area (Å²) < 4.78 is 5.37. The van der Waals surface area contributed by atoms with E-state index in [0.717, 1.165) is 27.9 Å². The average molecular weight is 324 g/mol. The second-order valence-electron chi connectivity index (χ2n) is 6.08. The largest absolute Gasteiger partial charge is 0.438 e. The average Bonchev–Trinajstić information content (AvgIpc) is 2.48. The summed E-state index contributed by atoms with van der Waals surface area (Å²) in [5.74, 6) is 0. The number of nitriles is 1. The number of carbonyl (C=O) groups is 1. The van der Waals surface area contributed by atoms with Gasteiger partial charge in [-0.3, -0.25) is 5.32 Å². The third-order valence-corrected chi connectivity index (χ3v) is 4.40. The molecule has 23 heavy (non-hydrogen) atoms. The molecule has 116 valence electrons. The van der Waals surface area contributed by atoms with Gasteiger partial charge in [-0.25, -0.2) is 4.79 Å². The molecule has 1 N–H and O–H groups in total. The molecule has 0 aromatic heterocycles. The van der Waals surface area contributed by atoms with E-state index in [1.54, 1.807) is 0 Å². The van der Waals surface area contributed by atoms with Gasteiger partial charge >= 0.3 is 6.09 Å². The maximum Gasteiger partial charge on any atom is 0.412 e. The lowest BCUT2D eigenvalue weighted by molar-refractivity contribution is 0.0421. The summed E-state index contributed by atoms with van der Waals surface area (Å²) in [5, 5.41) is 11.8. The molecular formula is C18H16N2O2S. The highest BCUT2D eigenvalue weighted by Gasteiger charge is 2.33. The molecule has 0 saturated heterocycles. The summed E-state index contributed by atoms with van der Waals surface area (Å²) in [7, 11) is 0. The highest BCUT2D eigenvalue weighted by Crippen LogP contribution is 2.39. The molecule has 2 aromatic rings. The molecule has 1 aliphatic heterocycles. The van der Waals surface area contributed by atoms with Crippen LogP contribution in [0, 0.1) is 18.3 Å². The van der Waals surface area contributed by atoms with E-state index >= 15 is 0 Å². The van der Waals surface area contributed by atoms with E-state index in [2.05, 4.69) is 24.0 Å². The number of fused-ring (bicyclic) bond motifs is 1. The Kier molecular flexibility index (Phi) is 3.57. The quantitative estimate of drug-likeness (QED) is 0.752. The van der Waals surface area contributed by atoms with Gasteiger partial charge in [0.15, 0.2) is 0 Å². The van der Waals surface area contributed by atoms with Crippen LogP contribution in [0.1, 0.15) is 30.5 Å². The van der Waals surface area contributed by atoms with Crippen LogP contribution in [0.4, 0.5) is 10.5 Å². The summed E-state index contributed by atoms with van der Waals surface area (Å²) in [6.07, 6.45) is -0.442. The van der Waals surface area contributed by atoms with Crippen molar-refractivity contribution < 1.29 is 9.53 Å². The summed E-state index contributed by atoms with van der Waals surface area (Å²) in [6, 6.07) is 11.7. The number of benzene rings is 2. The fourth-order valence-corrected chi connectivity index (χ4v) is 3.08. The van der Waals surface area contributed by atoms with E-state index in [9.17, 15) is 4.79 Å². The first-order valence-electron chi connectivity index (χ1n) is 7.20. The van der Waals surface area contributed by atoms with Crippen molar-refractivity contribution in [2.75, 3.05) is 5.32 Å². The molecule has 0 spiro atoms. The summed E-state index contributed by atoms with van der Waals surface area (Å²) in [6.45, 7) is 5.69. The molecule has 1 heterocycles. The molecule has 0 saturated carbocycles. The molecule has 0 bridgehead atoms. The minimum atomic E-state index is -0.696. The van der Waals surface area contributed by atoms with Gasteiger partial charge in [-0.2, -0.15) is 5.26 Å². The molecular weight excluding hydrogens is 308 g/mol. The Morgan fingerprint density at radius 3 is 2.70 bits per heavy atom. The molecule has 2 aromatic carbocycles. The van der Waals surface area contributed by atoms with Gasteiger partial charge in [-0.1, -0.05) is 6.07 Å². The molecule has 5 heteroatoms. The Balaban J connectivity index is 2.15. The van der Waals surface area contributed by atoms with Crippen LogP contribution in [0.15, 0.2) is 35.2 Å². The normalized spacial score (nSPS) is 15.2. The van der Waals surface area contributed by atoms with E-state index in [0.29, 0.717) is 10.5 Å². The Labute approximate surface area is 140 Å². The monoisotopic (exact) mass is 324 g/mol. The van der Waals surface area contributed by atoms with Gasteiger partial charge in [0.2, 0.25) is 0 Å². The van der Waals surface area contributed by atoms with Crippen LogP contribution in [0.3, 0.4) is 0 Å². The third kappa shape index (κ3) is 2.66. The smallest absolute Gasteiger partial charge is 0.412 e. The van der Waals surface area contributed by atoms with Crippen LogP contribution in [-0.4, -0.2) is 6.09 Å². The number of hydrogen-bond donors (Lipinski definition) is 2. The highest BCUT2D eigenvalue weighted by molar-refractivity contribution is 7.80. The summed E-state index contributed by atoms with van der Waals surface area (Å²) >= 11 is 4.39. The number of rotatable bonds is 1. The first kappa shape index (κ1) is 15.4. The minimum Gasteiger partial charge on any atom is -0.438 e. The predicted molar refractivity (Wildman–Crippen MR) is 91.7 cm³/mol. The third-order valence-electron chi connectivity index (χ3n) is 4.03. The van der Waals surface area contributed by atoms with Crippen molar-refractivity contribution in [2.24, 2.45) is 0 Å². The Bertz CT molecular complexity index is 866. The van der Waals surface area contributed by atoms with Crippen LogP contribution in [0.25, 0.3) is 11.1 Å². The van der Waals surface area contributed by atoms with Crippen molar-refractivity contribution in [3.05, 3.63) is 47.0 Å². The zero-order valence-electron chi connectivity index (χ0n) is 13.1. The zero-order valence-corrected chi connectivity index (χ0v) is 14.0. The van der Waals surface area contributed by atoms with E-state index < -0.39 is 11.7 Å². The van der Waals surface area contributed by atoms with Crippen LogP contribution < -0.4 is 5.32 Å². The molecule has 0 unspecified atom stereocenters. The highest BCUT2D eigenvalue weighted by atomic mass is 32.1. The molecule has 0 fully saturated rings. The fraction of sp³-hybridized carbons (Fsp3) is 0.222. The number of hydrogen-bond acceptors (Lipinski definition) is 4. The number of nitrogens with one attached hydrogen (secondary N) is 1. The van der Waals surface area contributed by atoms with Crippen LogP contribution in [0.2, 0.25) is 0 Å². The first-order chi connectivity index (χ1) is 10.8. The SMILES string of the molecule is Cc1cc(C#N)c(S)cc1-c1ccc2c(c1)C(C)(C)OC(=O)N2. The number of thiol groups is 1. The molecule has 1 aliphatic rings. The molecule has 4 nitrogen and oxygen atoms in total. The maximum absolute atomic E-state index is 11.6. The standard InChI is InChI=1S/C18H16N2O2S/c1-10-6-12(9-19)16(23)8-13(10)11-4-5-15-14(7-11)18(2,3)22-17(21)20-15/h4-8,23H,1-3H3,(H,20,21). The maximum atomic E-state index is 11.6. The Morgan fingerprint density at radius 1 is 1.26 bits per heavy atom. The van der Waals surface area contributed by atoms with Crippen LogP contribution >= 0.6 is 12.6 Å². The first-order valence-corrected chi connectivity index (χ1v) is 7.65. The number of anilines is 1. The van der Waals surface area contributed by atoms with Crippen molar-refractivity contribution in [2.45, 2.75) is 31.3 Å². The second kappa shape index (κ2) is 5.32. The summed E-state index contributed by atoms with van der Waals surface area (Å²) in [5.41, 5.74) is 4.53. The molecule has 1 amide bonds. The minimum absolute atomic E-state index is 0.442. The number of ether oxygens (including phenoxy) is 1. The lowest BCUT2D eigenvalue weighted by Crippen LogP contribution is -2.34. The van der Waals surface area contributed by atoms with Gasteiger partial charge in [0.05, 0.1) is 11.3 Å². The van der Waals surface area contributed by atoms with Gasteiger partial charge in [0, 0.05) is 10.5 Å². The van der Waals surface area contributed by atoms with E-state index in [-0.39, 0.29) is 0 Å². The number of amides is 1. The fourth-order valence-electron chi connectivity index (χ4n) is 2.84. The van der Waals surface area contributed by atoms with Gasteiger partial charge in [0.25, 0.3) is 0 Å². The second-order valence-corrected chi connectivity index (χ2v) is 6.56. The van der Waals surface area contributed by atoms with Gasteiger partial charge in [-0.15, -0.1) is 12.6 Å². The van der Waals surface area contributed by atoms with Crippen molar-refractivity contribution in [1.29, 1.82) is 5.26 Å². The Morgan fingerprint density at radius 2 is 2.00 bits per heavy atom. The van der Waals surface area contributed by atoms with E-state index in [4.69, 9.17) is 10.00 Å².